The molecule has 180 valence electrons. The third-order valence-corrected chi connectivity index (χ3v) is 4.79. The van der Waals surface area contributed by atoms with Crippen LogP contribution in [0.2, 0.25) is 5.02 Å². The van der Waals surface area contributed by atoms with E-state index < -0.39 is 17.8 Å². The van der Waals surface area contributed by atoms with E-state index >= 15 is 0 Å². The topological polar surface area (TPSA) is 106 Å². The molecule has 8 nitrogen and oxygen atoms in total. The Balaban J connectivity index is 1.43. The van der Waals surface area contributed by atoms with Crippen LogP contribution in [0.1, 0.15) is 39.6 Å². The quantitative estimate of drug-likeness (QED) is 0.190. The minimum Gasteiger partial charge on any atom is -0.494 e. The van der Waals surface area contributed by atoms with E-state index in [1.807, 2.05) is 6.92 Å². The van der Waals surface area contributed by atoms with Gasteiger partial charge < -0.3 is 14.8 Å². The molecule has 0 bridgehead atoms. The molecule has 3 rings (SSSR count). The van der Waals surface area contributed by atoms with Crippen LogP contribution in [0.5, 0.6) is 11.5 Å². The van der Waals surface area contributed by atoms with E-state index in [1.165, 1.54) is 12.3 Å². The lowest BCUT2D eigenvalue weighted by Gasteiger charge is -2.07. The molecule has 3 aromatic rings. The fourth-order valence-electron chi connectivity index (χ4n) is 2.81. The van der Waals surface area contributed by atoms with Gasteiger partial charge >= 0.3 is 5.97 Å². The van der Waals surface area contributed by atoms with E-state index in [-0.39, 0.29) is 6.54 Å². The number of hydrogen-bond donors (Lipinski definition) is 2. The van der Waals surface area contributed by atoms with Crippen LogP contribution in [0.25, 0.3) is 0 Å². The molecule has 35 heavy (non-hydrogen) atoms. The largest absolute Gasteiger partial charge is 0.494 e. The smallest absolute Gasteiger partial charge is 0.343 e. The molecule has 0 heterocycles. The summed E-state index contributed by atoms with van der Waals surface area (Å²) in [4.78, 5) is 36.2. The Morgan fingerprint density at radius 2 is 1.66 bits per heavy atom. The number of carbonyl (C=O) groups excluding carboxylic acids is 3. The van der Waals surface area contributed by atoms with Crippen LogP contribution in [0, 0.1) is 0 Å². The highest BCUT2D eigenvalue weighted by Gasteiger charge is 2.09. The van der Waals surface area contributed by atoms with Crippen molar-refractivity contribution in [2.24, 2.45) is 5.10 Å². The minimum absolute atomic E-state index is 0.247. The lowest BCUT2D eigenvalue weighted by atomic mass is 10.2. The van der Waals surface area contributed by atoms with Gasteiger partial charge in [-0.05, 0) is 78.7 Å². The van der Waals surface area contributed by atoms with Crippen molar-refractivity contribution in [3.05, 3.63) is 94.5 Å². The SMILES string of the molecule is CCCOc1ccc(C(=O)Oc2ccc(/C=N\NC(=O)CNC(=O)c3cccc(Cl)c3)cc2)cc1. The number of benzene rings is 3. The standard InChI is InChI=1S/C26H24ClN3O5/c1-2-14-34-22-12-8-19(9-13-22)26(33)35-23-10-6-18(7-11-23)16-29-30-24(31)17-28-25(32)20-4-3-5-21(27)15-20/h3-13,15-16H,2,14,17H2,1H3,(H,28,32)(H,30,31)/b29-16-. The Morgan fingerprint density at radius 1 is 0.943 bits per heavy atom. The molecule has 0 saturated carbocycles. The number of esters is 1. The Kier molecular flexibility index (Phi) is 9.39. The van der Waals surface area contributed by atoms with Crippen molar-refractivity contribution in [2.45, 2.75) is 13.3 Å². The molecule has 0 aliphatic carbocycles. The number of halogens is 1. The van der Waals surface area contributed by atoms with Gasteiger partial charge in [0.05, 0.1) is 24.9 Å². The summed E-state index contributed by atoms with van der Waals surface area (Å²) in [6, 6.07) is 19.7. The van der Waals surface area contributed by atoms with E-state index in [2.05, 4.69) is 15.8 Å². The molecule has 2 amide bonds. The minimum atomic E-state index is -0.492. The summed E-state index contributed by atoms with van der Waals surface area (Å²) in [5.74, 6) is -0.333. The van der Waals surface area contributed by atoms with Gasteiger partial charge in [-0.25, -0.2) is 10.2 Å². The number of carbonyl (C=O) groups is 3. The molecule has 2 N–H and O–H groups in total. The monoisotopic (exact) mass is 493 g/mol. The third-order valence-electron chi connectivity index (χ3n) is 4.55. The lowest BCUT2D eigenvalue weighted by molar-refractivity contribution is -0.120. The van der Waals surface area contributed by atoms with Gasteiger partial charge in [0.2, 0.25) is 0 Å². The summed E-state index contributed by atoms with van der Waals surface area (Å²) in [7, 11) is 0. The normalized spacial score (nSPS) is 10.6. The summed E-state index contributed by atoms with van der Waals surface area (Å²) >= 11 is 5.85. The number of hydrazone groups is 1. The van der Waals surface area contributed by atoms with Crippen LogP contribution in [-0.2, 0) is 4.79 Å². The fraction of sp³-hybridized carbons (Fsp3) is 0.154. The first-order chi connectivity index (χ1) is 16.9. The molecule has 9 heteroatoms. The highest BCUT2D eigenvalue weighted by atomic mass is 35.5. The van der Waals surface area contributed by atoms with Crippen LogP contribution in [0.15, 0.2) is 77.9 Å². The van der Waals surface area contributed by atoms with E-state index in [0.717, 1.165) is 6.42 Å². The van der Waals surface area contributed by atoms with Crippen molar-refractivity contribution >= 4 is 35.6 Å². The maximum absolute atomic E-state index is 12.3. The molecule has 3 aromatic carbocycles. The van der Waals surface area contributed by atoms with Gasteiger partial charge in [-0.15, -0.1) is 0 Å². The van der Waals surface area contributed by atoms with Crippen LogP contribution >= 0.6 is 11.6 Å². The molecule has 0 atom stereocenters. The van der Waals surface area contributed by atoms with Crippen LogP contribution < -0.4 is 20.2 Å². The molecule has 0 spiro atoms. The van der Waals surface area contributed by atoms with E-state index in [9.17, 15) is 14.4 Å². The van der Waals surface area contributed by atoms with E-state index in [4.69, 9.17) is 21.1 Å². The zero-order valence-corrected chi connectivity index (χ0v) is 19.7. The third kappa shape index (κ3) is 8.28. The van der Waals surface area contributed by atoms with Crippen molar-refractivity contribution < 1.29 is 23.9 Å². The van der Waals surface area contributed by atoms with Crippen molar-refractivity contribution in [2.75, 3.05) is 13.2 Å². The van der Waals surface area contributed by atoms with Gasteiger partial charge in [0.1, 0.15) is 11.5 Å². The molecular weight excluding hydrogens is 470 g/mol. The fourth-order valence-corrected chi connectivity index (χ4v) is 3.00. The predicted octanol–water partition coefficient (Wildman–Crippen LogP) is 4.23. The van der Waals surface area contributed by atoms with Gasteiger partial charge in [0, 0.05) is 10.6 Å². The number of nitrogens with one attached hydrogen (secondary N) is 2. The molecule has 0 radical (unpaired) electrons. The highest BCUT2D eigenvalue weighted by Crippen LogP contribution is 2.16. The van der Waals surface area contributed by atoms with Crippen LogP contribution in [0.3, 0.4) is 0 Å². The zero-order valence-electron chi connectivity index (χ0n) is 19.0. The van der Waals surface area contributed by atoms with Gasteiger partial charge in [-0.2, -0.15) is 5.10 Å². The molecule has 0 aliphatic rings. The van der Waals surface area contributed by atoms with Gasteiger partial charge in [-0.1, -0.05) is 24.6 Å². The Hall–Kier alpha value is -4.17. The van der Waals surface area contributed by atoms with Crippen LogP contribution in [-0.4, -0.2) is 37.1 Å². The van der Waals surface area contributed by atoms with Crippen molar-refractivity contribution in [1.82, 2.24) is 10.7 Å². The van der Waals surface area contributed by atoms with Gasteiger partial charge in [0.15, 0.2) is 0 Å². The zero-order chi connectivity index (χ0) is 25.0. The number of nitrogens with zero attached hydrogens (tertiary/aromatic N) is 1. The first-order valence-corrected chi connectivity index (χ1v) is 11.2. The summed E-state index contributed by atoms with van der Waals surface area (Å²) in [6.07, 6.45) is 2.33. The summed E-state index contributed by atoms with van der Waals surface area (Å²) in [5, 5.41) is 6.77. The number of amides is 2. The second-order valence-corrected chi connectivity index (χ2v) is 7.75. The van der Waals surface area contributed by atoms with Gasteiger partial charge in [0.25, 0.3) is 11.8 Å². The molecule has 0 aliphatic heterocycles. The first-order valence-electron chi connectivity index (χ1n) is 10.9. The molecule has 0 aromatic heterocycles. The predicted molar refractivity (Wildman–Crippen MR) is 133 cm³/mol. The maximum Gasteiger partial charge on any atom is 0.343 e. The van der Waals surface area contributed by atoms with Crippen molar-refractivity contribution in [3.63, 3.8) is 0 Å². The van der Waals surface area contributed by atoms with E-state index in [0.29, 0.717) is 39.8 Å². The molecule has 0 fully saturated rings. The van der Waals surface area contributed by atoms with E-state index in [1.54, 1.807) is 66.7 Å². The number of ether oxygens (including phenoxy) is 2. The van der Waals surface area contributed by atoms with Crippen LogP contribution in [0.4, 0.5) is 0 Å². The highest BCUT2D eigenvalue weighted by molar-refractivity contribution is 6.31. The molecular formula is C26H24ClN3O5. The van der Waals surface area contributed by atoms with Gasteiger partial charge in [-0.3, -0.25) is 9.59 Å². The molecule has 0 saturated heterocycles. The van der Waals surface area contributed by atoms with Crippen molar-refractivity contribution in [3.8, 4) is 11.5 Å². The second kappa shape index (κ2) is 12.9. The first kappa shape index (κ1) is 25.5. The Morgan fingerprint density at radius 3 is 2.34 bits per heavy atom. The number of rotatable bonds is 10. The van der Waals surface area contributed by atoms with Crippen molar-refractivity contribution in [1.29, 1.82) is 0 Å². The summed E-state index contributed by atoms with van der Waals surface area (Å²) < 4.78 is 10.9. The summed E-state index contributed by atoms with van der Waals surface area (Å²) in [6.45, 7) is 2.39. The lowest BCUT2D eigenvalue weighted by Crippen LogP contribution is -2.34. The average molecular weight is 494 g/mol. The average Bonchev–Trinajstić information content (AvgIpc) is 2.87. The number of hydrogen-bond acceptors (Lipinski definition) is 6. The maximum atomic E-state index is 12.3. The Bertz CT molecular complexity index is 1190. The second-order valence-electron chi connectivity index (χ2n) is 7.32. The molecule has 0 unspecified atom stereocenters. The summed E-state index contributed by atoms with van der Waals surface area (Å²) in [5.41, 5.74) is 3.76. The Labute approximate surface area is 207 Å².